The molecule has 6 heteroatoms. The highest BCUT2D eigenvalue weighted by atomic mass is 32.1. The molecule has 1 amide bonds. The fourth-order valence-corrected chi connectivity index (χ4v) is 5.23. The van der Waals surface area contributed by atoms with E-state index in [0.29, 0.717) is 17.2 Å². The highest BCUT2D eigenvalue weighted by Gasteiger charge is 2.41. The fraction of sp³-hybridized carbons (Fsp3) is 0.364. The number of likely N-dealkylation sites (tertiary alicyclic amines) is 2. The van der Waals surface area contributed by atoms with E-state index in [-0.39, 0.29) is 5.91 Å². The zero-order valence-electron chi connectivity index (χ0n) is 15.9. The van der Waals surface area contributed by atoms with E-state index in [1.165, 1.54) is 12.0 Å². The number of hydrogen-bond donors (Lipinski definition) is 0. The minimum Gasteiger partial charge on any atom is -0.431 e. The Kier molecular flexibility index (Phi) is 4.53. The van der Waals surface area contributed by atoms with Crippen molar-refractivity contribution in [2.75, 3.05) is 19.6 Å². The van der Waals surface area contributed by atoms with Gasteiger partial charge in [0, 0.05) is 32.6 Å². The van der Waals surface area contributed by atoms with Crippen molar-refractivity contribution in [3.63, 3.8) is 0 Å². The van der Waals surface area contributed by atoms with Crippen molar-refractivity contribution in [1.82, 2.24) is 14.8 Å². The van der Waals surface area contributed by atoms with Gasteiger partial charge in [-0.15, -0.1) is 0 Å². The number of thiazole rings is 1. The normalized spacial score (nSPS) is 22.0. The predicted molar refractivity (Wildman–Crippen MR) is 111 cm³/mol. The molecule has 2 saturated heterocycles. The Bertz CT molecular complexity index is 967. The molecule has 2 unspecified atom stereocenters. The predicted octanol–water partition coefficient (Wildman–Crippen LogP) is 4.14. The lowest BCUT2D eigenvalue weighted by Crippen LogP contribution is -2.36. The summed E-state index contributed by atoms with van der Waals surface area (Å²) in [5, 5.41) is 0.673. The number of amides is 1. The largest absolute Gasteiger partial charge is 0.431 e. The molecule has 0 spiro atoms. The lowest BCUT2D eigenvalue weighted by atomic mass is 10.0. The number of nitrogens with zero attached hydrogens (tertiary/aromatic N) is 3. The van der Waals surface area contributed by atoms with E-state index in [0.717, 1.165) is 42.1 Å². The van der Waals surface area contributed by atoms with Crippen molar-refractivity contribution in [2.45, 2.75) is 25.9 Å². The van der Waals surface area contributed by atoms with E-state index >= 15 is 0 Å². The Morgan fingerprint density at radius 3 is 2.79 bits per heavy atom. The van der Waals surface area contributed by atoms with Crippen LogP contribution in [0.3, 0.4) is 0 Å². The number of benzene rings is 2. The molecule has 2 aromatic carbocycles. The maximum Gasteiger partial charge on any atom is 0.279 e. The van der Waals surface area contributed by atoms with Crippen molar-refractivity contribution in [3.05, 3.63) is 54.1 Å². The number of aromatic nitrogens is 1. The first-order valence-corrected chi connectivity index (χ1v) is 10.6. The summed E-state index contributed by atoms with van der Waals surface area (Å²) in [5.74, 6) is 1.64. The quantitative estimate of drug-likeness (QED) is 0.668. The molecular weight excluding hydrogens is 370 g/mol. The minimum absolute atomic E-state index is 0.200. The fourth-order valence-electron chi connectivity index (χ4n) is 4.40. The third-order valence-corrected chi connectivity index (χ3v) is 6.81. The molecule has 3 aromatic rings. The Morgan fingerprint density at radius 2 is 2.00 bits per heavy atom. The third-order valence-electron chi connectivity index (χ3n) is 5.90. The third kappa shape index (κ3) is 3.38. The highest BCUT2D eigenvalue weighted by Crippen LogP contribution is 2.34. The molecular formula is C22H23N3O2S. The monoisotopic (exact) mass is 393 g/mol. The van der Waals surface area contributed by atoms with Crippen molar-refractivity contribution < 1.29 is 9.53 Å². The zero-order valence-corrected chi connectivity index (χ0v) is 16.7. The van der Waals surface area contributed by atoms with E-state index in [2.05, 4.69) is 28.1 Å². The van der Waals surface area contributed by atoms with Crippen LogP contribution >= 0.6 is 11.3 Å². The first-order valence-electron chi connectivity index (χ1n) is 9.77. The molecule has 0 radical (unpaired) electrons. The second kappa shape index (κ2) is 7.18. The van der Waals surface area contributed by atoms with E-state index in [9.17, 15) is 4.79 Å². The van der Waals surface area contributed by atoms with Gasteiger partial charge in [-0.05, 0) is 48.7 Å². The molecule has 3 heterocycles. The molecule has 0 aliphatic carbocycles. The van der Waals surface area contributed by atoms with Crippen LogP contribution in [0, 0.1) is 5.92 Å². The van der Waals surface area contributed by atoms with Gasteiger partial charge in [0.05, 0.1) is 10.2 Å². The summed E-state index contributed by atoms with van der Waals surface area (Å²) in [6.07, 6.45) is 1.19. The number of carbonyl (C=O) groups excluding carboxylic acids is 1. The minimum atomic E-state index is 0.200. The smallest absolute Gasteiger partial charge is 0.279 e. The van der Waals surface area contributed by atoms with Gasteiger partial charge < -0.3 is 9.64 Å². The molecule has 2 fully saturated rings. The summed E-state index contributed by atoms with van der Waals surface area (Å²) >= 11 is 1.56. The molecule has 28 heavy (non-hydrogen) atoms. The molecule has 0 N–H and O–H groups in total. The average molecular weight is 394 g/mol. The van der Waals surface area contributed by atoms with Crippen LogP contribution < -0.4 is 4.74 Å². The average Bonchev–Trinajstić information content (AvgIpc) is 3.38. The van der Waals surface area contributed by atoms with Crippen molar-refractivity contribution >= 4 is 27.5 Å². The summed E-state index contributed by atoms with van der Waals surface area (Å²) in [7, 11) is 0. The maximum atomic E-state index is 11.7. The summed E-state index contributed by atoms with van der Waals surface area (Å²) in [6, 6.07) is 16.9. The molecule has 2 atom stereocenters. The Labute approximate surface area is 168 Å². The van der Waals surface area contributed by atoms with Crippen molar-refractivity contribution in [1.29, 1.82) is 0 Å². The van der Waals surface area contributed by atoms with Gasteiger partial charge >= 0.3 is 0 Å². The molecule has 0 bridgehead atoms. The Hall–Kier alpha value is -2.44. The number of para-hydroxylation sites is 1. The second-order valence-corrected chi connectivity index (χ2v) is 8.70. The Balaban J connectivity index is 1.24. The van der Waals surface area contributed by atoms with Crippen LogP contribution in [0.25, 0.3) is 10.2 Å². The molecule has 5 nitrogen and oxygen atoms in total. The number of rotatable bonds is 4. The van der Waals surface area contributed by atoms with Crippen LogP contribution in [0.4, 0.5) is 0 Å². The van der Waals surface area contributed by atoms with Gasteiger partial charge in [-0.2, -0.15) is 0 Å². The molecule has 2 aliphatic rings. The lowest BCUT2D eigenvalue weighted by Gasteiger charge is -2.24. The van der Waals surface area contributed by atoms with Gasteiger partial charge in [0.25, 0.3) is 5.19 Å². The molecule has 144 valence electrons. The van der Waals surface area contributed by atoms with Crippen LogP contribution in [0.2, 0.25) is 0 Å². The summed E-state index contributed by atoms with van der Waals surface area (Å²) in [6.45, 7) is 5.51. The van der Waals surface area contributed by atoms with Gasteiger partial charge in [0.15, 0.2) is 0 Å². The Morgan fingerprint density at radius 1 is 1.18 bits per heavy atom. The molecule has 5 rings (SSSR count). The lowest BCUT2D eigenvalue weighted by molar-refractivity contribution is -0.128. The van der Waals surface area contributed by atoms with Gasteiger partial charge in [-0.1, -0.05) is 35.6 Å². The molecule has 1 aromatic heterocycles. The highest BCUT2D eigenvalue weighted by molar-refractivity contribution is 7.20. The van der Waals surface area contributed by atoms with Gasteiger partial charge in [-0.3, -0.25) is 9.69 Å². The number of ether oxygens (including phenoxy) is 1. The van der Waals surface area contributed by atoms with E-state index in [4.69, 9.17) is 4.74 Å². The van der Waals surface area contributed by atoms with Gasteiger partial charge in [-0.25, -0.2) is 4.98 Å². The zero-order chi connectivity index (χ0) is 19.1. The van der Waals surface area contributed by atoms with Crippen LogP contribution in [-0.2, 0) is 11.3 Å². The van der Waals surface area contributed by atoms with Crippen LogP contribution in [-0.4, -0.2) is 46.4 Å². The molecule has 2 aliphatic heterocycles. The number of carbonyl (C=O) groups is 1. The summed E-state index contributed by atoms with van der Waals surface area (Å²) < 4.78 is 7.08. The van der Waals surface area contributed by atoms with Gasteiger partial charge in [0.2, 0.25) is 5.91 Å². The molecule has 0 saturated carbocycles. The number of hydrogen-bond acceptors (Lipinski definition) is 5. The maximum absolute atomic E-state index is 11.7. The van der Waals surface area contributed by atoms with E-state index in [1.54, 1.807) is 18.3 Å². The van der Waals surface area contributed by atoms with Crippen molar-refractivity contribution in [2.24, 2.45) is 5.92 Å². The summed E-state index contributed by atoms with van der Waals surface area (Å²) in [5.41, 5.74) is 2.25. The van der Waals surface area contributed by atoms with Gasteiger partial charge in [0.1, 0.15) is 5.75 Å². The first-order chi connectivity index (χ1) is 13.7. The van der Waals surface area contributed by atoms with E-state index in [1.807, 2.05) is 35.2 Å². The number of fused-ring (bicyclic) bond motifs is 2. The standard InChI is InChI=1S/C22H23N3O2S/c1-15(26)25-13-17-10-11-24(20(17)14-25)12-16-6-8-18(9-7-16)27-22-23-19-4-2-3-5-21(19)28-22/h2-9,17,20H,10-14H2,1H3. The van der Waals surface area contributed by atoms with Crippen molar-refractivity contribution in [3.8, 4) is 10.9 Å². The van der Waals surface area contributed by atoms with E-state index < -0.39 is 0 Å². The van der Waals surface area contributed by atoms with Crippen LogP contribution in [0.1, 0.15) is 18.9 Å². The van der Waals surface area contributed by atoms with Crippen LogP contribution in [0.15, 0.2) is 48.5 Å². The second-order valence-electron chi connectivity index (χ2n) is 7.70. The topological polar surface area (TPSA) is 45.7 Å². The SMILES string of the molecule is CC(=O)N1CC2CCN(Cc3ccc(Oc4nc5ccccc5s4)cc3)C2C1. The first kappa shape index (κ1) is 17.6. The summed E-state index contributed by atoms with van der Waals surface area (Å²) in [4.78, 5) is 20.7. The van der Waals surface area contributed by atoms with Crippen LogP contribution in [0.5, 0.6) is 10.9 Å².